The molecule has 1 aliphatic heterocycles. The molecular weight excluding hydrogens is 250 g/mol. The lowest BCUT2D eigenvalue weighted by Gasteiger charge is -2.38. The third kappa shape index (κ3) is 3.12. The van der Waals surface area contributed by atoms with E-state index in [1.807, 2.05) is 0 Å². The van der Waals surface area contributed by atoms with Crippen LogP contribution in [0.15, 0.2) is 24.3 Å². The monoisotopic (exact) mass is 275 g/mol. The van der Waals surface area contributed by atoms with Gasteiger partial charge in [0.25, 0.3) is 0 Å². The molecule has 0 bridgehead atoms. The summed E-state index contributed by atoms with van der Waals surface area (Å²) in [5, 5.41) is 0. The number of piperidine rings is 1. The van der Waals surface area contributed by atoms with Crippen LogP contribution in [0.25, 0.3) is 0 Å². The number of hydrogen-bond donors (Lipinski definition) is 2. The number of benzene rings is 1. The predicted molar refractivity (Wildman–Crippen MR) is 82.4 cm³/mol. The molecule has 0 aliphatic carbocycles. The first kappa shape index (κ1) is 14.9. The van der Waals surface area contributed by atoms with E-state index < -0.39 is 0 Å². The summed E-state index contributed by atoms with van der Waals surface area (Å²) in [4.78, 5) is 13.7. The van der Waals surface area contributed by atoms with Gasteiger partial charge in [-0.1, -0.05) is 19.1 Å². The molecular formula is C16H25N3O. The Hall–Kier alpha value is -1.55. The largest absolute Gasteiger partial charge is 0.369 e. The Balaban J connectivity index is 2.14. The minimum Gasteiger partial charge on any atom is -0.369 e. The molecule has 1 heterocycles. The summed E-state index contributed by atoms with van der Waals surface area (Å²) in [6.07, 6.45) is 2.83. The van der Waals surface area contributed by atoms with Gasteiger partial charge < -0.3 is 16.4 Å². The van der Waals surface area contributed by atoms with Crippen molar-refractivity contribution in [1.29, 1.82) is 0 Å². The van der Waals surface area contributed by atoms with Crippen LogP contribution < -0.4 is 16.4 Å². The molecule has 1 aromatic carbocycles. The Morgan fingerprint density at radius 3 is 2.55 bits per heavy atom. The third-order valence-corrected chi connectivity index (χ3v) is 4.38. The van der Waals surface area contributed by atoms with E-state index >= 15 is 0 Å². The van der Waals surface area contributed by atoms with Gasteiger partial charge >= 0.3 is 0 Å². The summed E-state index contributed by atoms with van der Waals surface area (Å²) in [6.45, 7) is 5.00. The van der Waals surface area contributed by atoms with Crippen LogP contribution in [-0.2, 0) is 4.79 Å². The highest BCUT2D eigenvalue weighted by Gasteiger charge is 2.28. The minimum absolute atomic E-state index is 0.0382. The van der Waals surface area contributed by atoms with Crippen LogP contribution in [0.5, 0.6) is 0 Å². The Morgan fingerprint density at radius 2 is 2.00 bits per heavy atom. The van der Waals surface area contributed by atoms with E-state index in [-0.39, 0.29) is 17.9 Å². The number of hydrogen-bond acceptors (Lipinski definition) is 3. The number of anilines is 1. The highest BCUT2D eigenvalue weighted by molar-refractivity contribution is 5.77. The SMILES string of the molecule is CCC(N)c1ccc(N2CC(C(N)=O)CCC2C)cc1. The Morgan fingerprint density at radius 1 is 1.35 bits per heavy atom. The molecule has 4 heteroatoms. The molecule has 110 valence electrons. The third-order valence-electron chi connectivity index (χ3n) is 4.38. The smallest absolute Gasteiger partial charge is 0.222 e. The van der Waals surface area contributed by atoms with Crippen molar-refractivity contribution >= 4 is 11.6 Å². The second-order valence-corrected chi connectivity index (χ2v) is 5.78. The van der Waals surface area contributed by atoms with Gasteiger partial charge in [-0.25, -0.2) is 0 Å². The summed E-state index contributed by atoms with van der Waals surface area (Å²) < 4.78 is 0. The number of amides is 1. The number of carbonyl (C=O) groups excluding carboxylic acids is 1. The molecule has 1 fully saturated rings. The molecule has 3 atom stereocenters. The fourth-order valence-corrected chi connectivity index (χ4v) is 2.85. The molecule has 0 spiro atoms. The molecule has 3 unspecified atom stereocenters. The van der Waals surface area contributed by atoms with Crippen molar-refractivity contribution in [3.63, 3.8) is 0 Å². The number of primary amides is 1. The molecule has 0 radical (unpaired) electrons. The van der Waals surface area contributed by atoms with Gasteiger partial charge in [0.1, 0.15) is 0 Å². The van der Waals surface area contributed by atoms with Gasteiger partial charge in [-0.3, -0.25) is 4.79 Å². The quantitative estimate of drug-likeness (QED) is 0.884. The zero-order chi connectivity index (χ0) is 14.7. The highest BCUT2D eigenvalue weighted by Crippen LogP contribution is 2.28. The van der Waals surface area contributed by atoms with Crippen molar-refractivity contribution in [3.8, 4) is 0 Å². The van der Waals surface area contributed by atoms with Crippen LogP contribution in [0.3, 0.4) is 0 Å². The Labute approximate surface area is 121 Å². The zero-order valence-corrected chi connectivity index (χ0v) is 12.4. The lowest BCUT2D eigenvalue weighted by atomic mass is 9.92. The molecule has 0 saturated carbocycles. The molecule has 1 aromatic rings. The summed E-state index contributed by atoms with van der Waals surface area (Å²) in [6, 6.07) is 8.92. The van der Waals surface area contributed by atoms with Gasteiger partial charge in [-0.05, 0) is 43.9 Å². The number of nitrogens with zero attached hydrogens (tertiary/aromatic N) is 1. The average molecular weight is 275 g/mol. The fraction of sp³-hybridized carbons (Fsp3) is 0.562. The lowest BCUT2D eigenvalue weighted by molar-refractivity contribution is -0.122. The van der Waals surface area contributed by atoms with Gasteiger partial charge in [-0.15, -0.1) is 0 Å². The van der Waals surface area contributed by atoms with E-state index in [0.29, 0.717) is 6.04 Å². The topological polar surface area (TPSA) is 72.3 Å². The molecule has 20 heavy (non-hydrogen) atoms. The average Bonchev–Trinajstić information content (AvgIpc) is 2.47. The van der Waals surface area contributed by atoms with E-state index in [9.17, 15) is 4.79 Å². The maximum Gasteiger partial charge on any atom is 0.222 e. The van der Waals surface area contributed by atoms with Crippen LogP contribution in [0.1, 0.15) is 44.7 Å². The maximum atomic E-state index is 11.4. The second-order valence-electron chi connectivity index (χ2n) is 5.78. The molecule has 0 aromatic heterocycles. The van der Waals surface area contributed by atoms with Crippen molar-refractivity contribution in [3.05, 3.63) is 29.8 Å². The summed E-state index contributed by atoms with van der Waals surface area (Å²) in [7, 11) is 0. The predicted octanol–water partition coefficient (Wildman–Crippen LogP) is 2.19. The molecule has 1 saturated heterocycles. The van der Waals surface area contributed by atoms with Crippen molar-refractivity contribution in [2.24, 2.45) is 17.4 Å². The van der Waals surface area contributed by atoms with E-state index in [2.05, 4.69) is 43.0 Å². The van der Waals surface area contributed by atoms with Gasteiger partial charge in [0.2, 0.25) is 5.91 Å². The van der Waals surface area contributed by atoms with E-state index in [0.717, 1.165) is 37.1 Å². The van der Waals surface area contributed by atoms with Gasteiger partial charge in [0.05, 0.1) is 5.92 Å². The van der Waals surface area contributed by atoms with E-state index in [1.165, 1.54) is 0 Å². The number of nitrogens with two attached hydrogens (primary N) is 2. The van der Waals surface area contributed by atoms with Crippen molar-refractivity contribution in [2.45, 2.75) is 45.2 Å². The fourth-order valence-electron chi connectivity index (χ4n) is 2.85. The molecule has 1 aliphatic rings. The van der Waals surface area contributed by atoms with Crippen molar-refractivity contribution in [2.75, 3.05) is 11.4 Å². The highest BCUT2D eigenvalue weighted by atomic mass is 16.1. The van der Waals surface area contributed by atoms with Gasteiger partial charge in [-0.2, -0.15) is 0 Å². The van der Waals surface area contributed by atoms with Crippen LogP contribution in [0, 0.1) is 5.92 Å². The van der Waals surface area contributed by atoms with E-state index in [1.54, 1.807) is 0 Å². The standard InChI is InChI=1S/C16H25N3O/c1-3-15(17)12-6-8-14(9-7-12)19-10-13(16(18)20)5-4-11(19)2/h6-9,11,13,15H,3-5,10,17H2,1-2H3,(H2,18,20). The van der Waals surface area contributed by atoms with Crippen molar-refractivity contribution in [1.82, 2.24) is 0 Å². The maximum absolute atomic E-state index is 11.4. The summed E-state index contributed by atoms with van der Waals surface area (Å²) in [5.74, 6) is -0.227. The first-order chi connectivity index (χ1) is 9.52. The molecule has 2 rings (SSSR count). The molecule has 4 N–H and O–H groups in total. The first-order valence-electron chi connectivity index (χ1n) is 7.44. The van der Waals surface area contributed by atoms with Crippen LogP contribution in [0.2, 0.25) is 0 Å². The minimum atomic E-state index is -0.188. The van der Waals surface area contributed by atoms with Crippen LogP contribution in [-0.4, -0.2) is 18.5 Å². The van der Waals surface area contributed by atoms with Gasteiger partial charge in [0, 0.05) is 24.3 Å². The van der Waals surface area contributed by atoms with E-state index in [4.69, 9.17) is 11.5 Å². The number of carbonyl (C=O) groups is 1. The molecule has 1 amide bonds. The first-order valence-corrected chi connectivity index (χ1v) is 7.44. The van der Waals surface area contributed by atoms with Crippen molar-refractivity contribution < 1.29 is 4.79 Å². The normalized spacial score (nSPS) is 24.4. The second kappa shape index (κ2) is 6.27. The lowest BCUT2D eigenvalue weighted by Crippen LogP contribution is -2.45. The number of rotatable bonds is 4. The Bertz CT molecular complexity index is 457. The summed E-state index contributed by atoms with van der Waals surface area (Å²) >= 11 is 0. The van der Waals surface area contributed by atoms with Crippen LogP contribution in [0.4, 0.5) is 5.69 Å². The molecule has 4 nitrogen and oxygen atoms in total. The zero-order valence-electron chi connectivity index (χ0n) is 12.4. The Kier molecular flexibility index (Phi) is 4.65. The summed E-state index contributed by atoms with van der Waals surface area (Å²) in [5.41, 5.74) is 13.8. The van der Waals surface area contributed by atoms with Gasteiger partial charge in [0.15, 0.2) is 0 Å². The van der Waals surface area contributed by atoms with Crippen LogP contribution >= 0.6 is 0 Å².